The number of benzene rings is 3. The maximum Gasteiger partial charge on any atom is 0.410 e. The molecule has 3 aromatic carbocycles. The molecule has 0 saturated carbocycles. The first kappa shape index (κ1) is 24.5. The SMILES string of the molecule is COc1cccc(OC)c1C(=O)C1CC2COCC(C1)N2C(=O)OCC1c2ccccc2-c2ccccc21. The Labute approximate surface area is 222 Å². The molecule has 3 aromatic rings. The van der Waals surface area contributed by atoms with Crippen LogP contribution in [-0.4, -0.2) is 62.9 Å². The number of morpholine rings is 1. The Kier molecular flexibility index (Phi) is 6.54. The lowest BCUT2D eigenvalue weighted by Crippen LogP contribution is -2.60. The molecule has 38 heavy (non-hydrogen) atoms. The lowest BCUT2D eigenvalue weighted by molar-refractivity contribution is -0.0748. The van der Waals surface area contributed by atoms with E-state index in [-0.39, 0.29) is 42.4 Å². The summed E-state index contributed by atoms with van der Waals surface area (Å²) >= 11 is 0. The highest BCUT2D eigenvalue weighted by molar-refractivity contribution is 6.03. The van der Waals surface area contributed by atoms with Gasteiger partial charge in [0.15, 0.2) is 5.78 Å². The van der Waals surface area contributed by atoms with E-state index in [1.165, 1.54) is 22.3 Å². The van der Waals surface area contributed by atoms with E-state index in [0.717, 1.165) is 0 Å². The summed E-state index contributed by atoms with van der Waals surface area (Å²) in [6.45, 7) is 1.03. The third kappa shape index (κ3) is 4.11. The molecule has 2 heterocycles. The van der Waals surface area contributed by atoms with Crippen LogP contribution in [-0.2, 0) is 9.47 Å². The van der Waals surface area contributed by atoms with Crippen LogP contribution in [0.1, 0.15) is 40.2 Å². The predicted octanol–water partition coefficient (Wildman–Crippen LogP) is 5.32. The zero-order valence-electron chi connectivity index (χ0n) is 21.6. The van der Waals surface area contributed by atoms with Gasteiger partial charge in [-0.25, -0.2) is 4.79 Å². The van der Waals surface area contributed by atoms with E-state index in [4.69, 9.17) is 18.9 Å². The molecule has 0 aromatic heterocycles. The fourth-order valence-electron chi connectivity index (χ4n) is 6.39. The van der Waals surface area contributed by atoms with Crippen LogP contribution in [0.4, 0.5) is 4.79 Å². The average Bonchev–Trinajstić information content (AvgIpc) is 3.27. The van der Waals surface area contributed by atoms with Crippen LogP contribution >= 0.6 is 0 Å². The van der Waals surface area contributed by atoms with Crippen LogP contribution in [0.2, 0.25) is 0 Å². The van der Waals surface area contributed by atoms with Gasteiger partial charge in [0.25, 0.3) is 0 Å². The minimum atomic E-state index is -0.342. The Morgan fingerprint density at radius 2 is 1.37 bits per heavy atom. The Bertz CT molecular complexity index is 1290. The summed E-state index contributed by atoms with van der Waals surface area (Å²) in [5, 5.41) is 0. The number of ketones is 1. The highest BCUT2D eigenvalue weighted by atomic mass is 16.6. The van der Waals surface area contributed by atoms with Crippen molar-refractivity contribution in [1.29, 1.82) is 0 Å². The molecule has 196 valence electrons. The summed E-state index contributed by atoms with van der Waals surface area (Å²) in [6, 6.07) is 21.5. The molecular weight excluding hydrogens is 482 g/mol. The van der Waals surface area contributed by atoms with Gasteiger partial charge in [0.05, 0.1) is 39.5 Å². The molecule has 0 radical (unpaired) electrons. The summed E-state index contributed by atoms with van der Waals surface area (Å²) in [6.07, 6.45) is 0.660. The standard InChI is InChI=1S/C31H31NO6/c1-35-27-12-7-13-28(36-2)29(27)30(33)19-14-20-16-37-17-21(15-19)32(20)31(34)38-18-26-24-10-5-3-8-22(24)23-9-4-6-11-25(23)26/h3-13,19-21,26H,14-18H2,1-2H3. The zero-order chi connectivity index (χ0) is 26.2. The molecule has 0 N–H and O–H groups in total. The molecule has 2 unspecified atom stereocenters. The van der Waals surface area contributed by atoms with E-state index in [0.29, 0.717) is 43.1 Å². The van der Waals surface area contributed by atoms with Crippen LogP contribution in [0.5, 0.6) is 11.5 Å². The molecule has 7 heteroatoms. The third-order valence-corrected chi connectivity index (χ3v) is 8.11. The molecule has 3 aliphatic rings. The topological polar surface area (TPSA) is 74.3 Å². The van der Waals surface area contributed by atoms with E-state index in [1.54, 1.807) is 37.3 Å². The van der Waals surface area contributed by atoms with Gasteiger partial charge in [-0.3, -0.25) is 9.69 Å². The lowest BCUT2D eigenvalue weighted by atomic mass is 9.80. The highest BCUT2D eigenvalue weighted by Gasteiger charge is 2.45. The van der Waals surface area contributed by atoms with Crippen LogP contribution in [0.3, 0.4) is 0 Å². The number of piperidine rings is 1. The molecular formula is C31H31NO6. The first-order valence-electron chi connectivity index (χ1n) is 13.1. The summed E-state index contributed by atoms with van der Waals surface area (Å²) < 4.78 is 22.7. The number of hydrogen-bond donors (Lipinski definition) is 0. The normalized spacial score (nSPS) is 21.8. The fraction of sp³-hybridized carbons (Fsp3) is 0.355. The van der Waals surface area contributed by atoms with Crippen LogP contribution in [0.15, 0.2) is 66.7 Å². The van der Waals surface area contributed by atoms with Crippen molar-refractivity contribution in [3.05, 3.63) is 83.4 Å². The molecule has 2 aliphatic heterocycles. The number of methoxy groups -OCH3 is 2. The first-order valence-corrected chi connectivity index (χ1v) is 13.1. The maximum absolute atomic E-state index is 13.7. The zero-order valence-corrected chi connectivity index (χ0v) is 21.6. The fourth-order valence-corrected chi connectivity index (χ4v) is 6.39. The molecule has 7 nitrogen and oxygen atoms in total. The van der Waals surface area contributed by atoms with Crippen LogP contribution in [0, 0.1) is 5.92 Å². The summed E-state index contributed by atoms with van der Waals surface area (Å²) in [5.74, 6) is 0.698. The van der Waals surface area contributed by atoms with Gasteiger partial charge in [0.1, 0.15) is 23.7 Å². The number of ether oxygens (including phenoxy) is 4. The third-order valence-electron chi connectivity index (χ3n) is 8.11. The summed E-state index contributed by atoms with van der Waals surface area (Å²) in [7, 11) is 3.10. The number of amides is 1. The van der Waals surface area contributed by atoms with Crippen molar-refractivity contribution in [2.45, 2.75) is 30.8 Å². The van der Waals surface area contributed by atoms with Crippen molar-refractivity contribution >= 4 is 11.9 Å². The van der Waals surface area contributed by atoms with Gasteiger partial charge in [0, 0.05) is 11.8 Å². The van der Waals surface area contributed by atoms with E-state index >= 15 is 0 Å². The van der Waals surface area contributed by atoms with Crippen LogP contribution < -0.4 is 9.47 Å². The molecule has 2 atom stereocenters. The summed E-state index contributed by atoms with van der Waals surface area (Å²) in [5.41, 5.74) is 5.21. The number of carbonyl (C=O) groups excluding carboxylic acids is 2. The summed E-state index contributed by atoms with van der Waals surface area (Å²) in [4.78, 5) is 28.9. The number of carbonyl (C=O) groups is 2. The van der Waals surface area contributed by atoms with Gasteiger partial charge in [-0.1, -0.05) is 54.6 Å². The number of nitrogens with zero attached hydrogens (tertiary/aromatic N) is 1. The minimum Gasteiger partial charge on any atom is -0.496 e. The predicted molar refractivity (Wildman–Crippen MR) is 142 cm³/mol. The largest absolute Gasteiger partial charge is 0.496 e. The Hall–Kier alpha value is -3.84. The van der Waals surface area contributed by atoms with Crippen molar-refractivity contribution in [2.24, 2.45) is 5.92 Å². The average molecular weight is 514 g/mol. The molecule has 2 bridgehead atoms. The second-order valence-corrected chi connectivity index (χ2v) is 10.1. The lowest BCUT2D eigenvalue weighted by Gasteiger charge is -2.47. The van der Waals surface area contributed by atoms with Gasteiger partial charge in [0.2, 0.25) is 0 Å². The second-order valence-electron chi connectivity index (χ2n) is 10.1. The number of hydrogen-bond acceptors (Lipinski definition) is 6. The monoisotopic (exact) mass is 513 g/mol. The van der Waals surface area contributed by atoms with E-state index in [1.807, 2.05) is 24.3 Å². The number of fused-ring (bicyclic) bond motifs is 5. The van der Waals surface area contributed by atoms with Crippen LogP contribution in [0.25, 0.3) is 11.1 Å². The second kappa shape index (κ2) is 10.1. The van der Waals surface area contributed by atoms with E-state index in [9.17, 15) is 9.59 Å². The van der Waals surface area contributed by atoms with Gasteiger partial charge in [-0.05, 0) is 47.2 Å². The Morgan fingerprint density at radius 3 is 1.92 bits per heavy atom. The molecule has 1 aliphatic carbocycles. The van der Waals surface area contributed by atoms with E-state index in [2.05, 4.69) is 24.3 Å². The Morgan fingerprint density at radius 1 is 0.816 bits per heavy atom. The molecule has 6 rings (SSSR count). The maximum atomic E-state index is 13.7. The first-order chi connectivity index (χ1) is 18.6. The number of Topliss-reactive ketones (excluding diaryl/α,β-unsaturated/α-hetero) is 1. The van der Waals surface area contributed by atoms with E-state index < -0.39 is 0 Å². The van der Waals surface area contributed by atoms with Gasteiger partial charge in [-0.2, -0.15) is 0 Å². The van der Waals surface area contributed by atoms with Gasteiger partial charge >= 0.3 is 6.09 Å². The Balaban J connectivity index is 1.18. The molecule has 1 amide bonds. The van der Waals surface area contributed by atoms with Crippen molar-refractivity contribution < 1.29 is 28.5 Å². The molecule has 2 saturated heterocycles. The van der Waals surface area contributed by atoms with Crippen molar-refractivity contribution in [1.82, 2.24) is 4.90 Å². The smallest absolute Gasteiger partial charge is 0.410 e. The van der Waals surface area contributed by atoms with Gasteiger partial charge in [-0.15, -0.1) is 0 Å². The molecule has 2 fully saturated rings. The van der Waals surface area contributed by atoms with Gasteiger partial charge < -0.3 is 18.9 Å². The highest BCUT2D eigenvalue weighted by Crippen LogP contribution is 2.45. The molecule has 0 spiro atoms. The van der Waals surface area contributed by atoms with Crippen molar-refractivity contribution in [3.63, 3.8) is 0 Å². The minimum absolute atomic E-state index is 0.000400. The van der Waals surface area contributed by atoms with Crippen molar-refractivity contribution in [2.75, 3.05) is 34.0 Å². The quantitative estimate of drug-likeness (QED) is 0.416. The van der Waals surface area contributed by atoms with Crippen molar-refractivity contribution in [3.8, 4) is 22.6 Å². The number of rotatable bonds is 6.